The van der Waals surface area contributed by atoms with E-state index in [1.54, 1.807) is 41.5 Å². The van der Waals surface area contributed by atoms with Gasteiger partial charge in [0, 0.05) is 11.3 Å². The minimum absolute atomic E-state index is 0. The second-order valence-electron chi connectivity index (χ2n) is 20.2. The Balaban J connectivity index is 0.00000139. The third-order valence-corrected chi connectivity index (χ3v) is 15.2. The first-order valence-corrected chi connectivity index (χ1v) is 19.4. The van der Waals surface area contributed by atoms with Crippen molar-refractivity contribution in [2.45, 2.75) is 150 Å². The van der Waals surface area contributed by atoms with Crippen LogP contribution in [0.4, 0.5) is 0 Å². The van der Waals surface area contributed by atoms with Crippen LogP contribution in [0.3, 0.4) is 0 Å². The molecule has 0 spiro atoms. The van der Waals surface area contributed by atoms with Crippen molar-refractivity contribution in [3.05, 3.63) is 80.4 Å². The molecule has 0 aliphatic heterocycles. The molecule has 2 aromatic carbocycles. The van der Waals surface area contributed by atoms with Gasteiger partial charge in [-0.2, -0.15) is 0 Å². The molecule has 0 N–H and O–H groups in total. The van der Waals surface area contributed by atoms with Crippen molar-refractivity contribution in [2.24, 2.45) is 40.4 Å². The van der Waals surface area contributed by atoms with Gasteiger partial charge in [0.15, 0.2) is 0 Å². The minimum Gasteiger partial charge on any atom is -1.00 e. The van der Waals surface area contributed by atoms with Crippen LogP contribution in [0.15, 0.2) is 47.1 Å². The summed E-state index contributed by atoms with van der Waals surface area (Å²) in [4.78, 5) is 0. The van der Waals surface area contributed by atoms with Crippen LogP contribution in [-0.4, -0.2) is 0 Å². The van der Waals surface area contributed by atoms with Crippen molar-refractivity contribution >= 4 is 0 Å². The van der Waals surface area contributed by atoms with Crippen LogP contribution >= 0.6 is 0 Å². The molecule has 8 aliphatic carbocycles. The summed E-state index contributed by atoms with van der Waals surface area (Å²) in [5, 5.41) is 0. The molecule has 3 unspecified atom stereocenters. The van der Waals surface area contributed by atoms with E-state index in [-0.39, 0.29) is 67.3 Å². The smallest absolute Gasteiger partial charge is 1.00 e. The van der Waals surface area contributed by atoms with Gasteiger partial charge in [-0.3, -0.25) is 0 Å². The van der Waals surface area contributed by atoms with Crippen LogP contribution < -0.4 is 24.8 Å². The molecule has 0 amide bonds. The SMILES string of the molecule is Cc1cc2c(cc1C(C)(C)C)-c1cc(C(C)(C)C)c(C)cc1C2C1(C)C2=C(CC(C34CC5CC(CC(C5)C3)C4)=C2)C2CCCCC21.[Cl-].[Cl-].[Zr+2]. The minimum atomic E-state index is 0. The molecule has 49 heavy (non-hydrogen) atoms. The van der Waals surface area contributed by atoms with E-state index in [9.17, 15) is 0 Å². The van der Waals surface area contributed by atoms with Gasteiger partial charge in [-0.1, -0.05) is 103 Å². The summed E-state index contributed by atoms with van der Waals surface area (Å²) in [6.07, 6.45) is 19.1. The van der Waals surface area contributed by atoms with Crippen molar-refractivity contribution < 1.29 is 51.0 Å². The Morgan fingerprint density at radius 3 is 1.61 bits per heavy atom. The second-order valence-corrected chi connectivity index (χ2v) is 20.2. The van der Waals surface area contributed by atoms with Gasteiger partial charge in [-0.15, -0.1) is 0 Å². The van der Waals surface area contributed by atoms with Crippen LogP contribution in [0.5, 0.6) is 0 Å². The van der Waals surface area contributed by atoms with Crippen molar-refractivity contribution in [3.63, 3.8) is 0 Å². The van der Waals surface area contributed by atoms with E-state index in [2.05, 4.69) is 92.7 Å². The molecule has 0 aromatic heterocycles. The molecule has 5 fully saturated rings. The first kappa shape index (κ1) is 38.1. The van der Waals surface area contributed by atoms with Gasteiger partial charge in [0.25, 0.3) is 0 Å². The maximum absolute atomic E-state index is 2.92. The van der Waals surface area contributed by atoms with Crippen molar-refractivity contribution in [2.75, 3.05) is 0 Å². The van der Waals surface area contributed by atoms with E-state index < -0.39 is 0 Å². The van der Waals surface area contributed by atoms with Gasteiger partial charge >= 0.3 is 26.2 Å². The number of halogens is 2. The molecule has 0 nitrogen and oxygen atoms in total. The average molecular weight is 775 g/mol. The van der Waals surface area contributed by atoms with Crippen molar-refractivity contribution in [3.8, 4) is 11.1 Å². The Morgan fingerprint density at radius 2 is 1.14 bits per heavy atom. The van der Waals surface area contributed by atoms with Gasteiger partial charge in [0.1, 0.15) is 0 Å². The topological polar surface area (TPSA) is 0 Å². The third-order valence-electron chi connectivity index (χ3n) is 15.2. The van der Waals surface area contributed by atoms with E-state index in [1.807, 2.05) is 16.7 Å². The van der Waals surface area contributed by atoms with E-state index >= 15 is 0 Å². The van der Waals surface area contributed by atoms with Crippen LogP contribution in [0.25, 0.3) is 11.1 Å². The Hall–Kier alpha value is -0.617. The van der Waals surface area contributed by atoms with Gasteiger partial charge < -0.3 is 24.8 Å². The van der Waals surface area contributed by atoms with Gasteiger partial charge in [-0.05, 0) is 168 Å². The first-order chi connectivity index (χ1) is 21.7. The molecule has 3 atom stereocenters. The number of aryl methyl sites for hydroxylation is 2. The zero-order valence-corrected chi connectivity index (χ0v) is 35.9. The molecular weight excluding hydrogens is 715 g/mol. The Kier molecular flexibility index (Phi) is 9.71. The molecule has 8 aliphatic rings. The summed E-state index contributed by atoms with van der Waals surface area (Å²) in [6.45, 7) is 22.0. The average Bonchev–Trinajstić information content (AvgIpc) is 3.60. The first-order valence-electron chi connectivity index (χ1n) is 19.4. The summed E-state index contributed by atoms with van der Waals surface area (Å²) in [5.74, 6) is 5.08. The quantitative estimate of drug-likeness (QED) is 0.320. The standard InChI is InChI=1S/C46H60.2ClH.Zr/c1-26-14-36-33(21-39(26)43(3,4)5)34-22-40(44(6,7)8)27(2)15-37(34)42(36)45(9)38-13-11-10-12-32(38)35-19-31(20-41(35)45)46-23-28-16-29(24-46)18-30(17-28)25-46;;;/h14-15,20-22,28-30,32,38,42H,10-13,16-19,23-25H2,1-9H3;2*1H;/q;;;+2/p-2. The third kappa shape index (κ3) is 5.49. The van der Waals surface area contributed by atoms with Gasteiger partial charge in [-0.25, -0.2) is 0 Å². The summed E-state index contributed by atoms with van der Waals surface area (Å²) in [6, 6.07) is 10.6. The fraction of sp³-hybridized carbons (Fsp3) is 0.652. The number of allylic oxidation sites excluding steroid dienone is 4. The zero-order valence-electron chi connectivity index (χ0n) is 31.9. The monoisotopic (exact) mass is 772 g/mol. The normalized spacial score (nSPS) is 34.0. The van der Waals surface area contributed by atoms with Crippen LogP contribution in [-0.2, 0) is 37.0 Å². The predicted molar refractivity (Wildman–Crippen MR) is 194 cm³/mol. The molecular formula is C46H60Cl2Zr. The zero-order chi connectivity index (χ0) is 32.1. The molecule has 0 saturated heterocycles. The van der Waals surface area contributed by atoms with E-state index in [4.69, 9.17) is 0 Å². The number of hydrogen-bond acceptors (Lipinski definition) is 0. The van der Waals surface area contributed by atoms with Gasteiger partial charge in [0.05, 0.1) is 0 Å². The number of hydrogen-bond donors (Lipinski definition) is 0. The number of benzene rings is 2. The van der Waals surface area contributed by atoms with Gasteiger partial charge in [0.2, 0.25) is 0 Å². The molecule has 0 heterocycles. The summed E-state index contributed by atoms with van der Waals surface area (Å²) in [7, 11) is 0. The molecule has 2 aromatic rings. The fourth-order valence-corrected chi connectivity index (χ4v) is 14.0. The molecule has 4 bridgehead atoms. The van der Waals surface area contributed by atoms with E-state index in [0.717, 1.165) is 29.6 Å². The number of fused-ring (bicyclic) bond motifs is 5. The molecule has 3 heteroatoms. The predicted octanol–water partition coefficient (Wildman–Crippen LogP) is 6.69. The van der Waals surface area contributed by atoms with Crippen molar-refractivity contribution in [1.82, 2.24) is 0 Å². The maximum Gasteiger partial charge on any atom is 2.00 e. The largest absolute Gasteiger partial charge is 2.00 e. The Labute approximate surface area is 330 Å². The summed E-state index contributed by atoms with van der Waals surface area (Å²) in [5.41, 5.74) is 19.0. The molecule has 5 saturated carbocycles. The van der Waals surface area contributed by atoms with Crippen LogP contribution in [0, 0.1) is 54.3 Å². The Morgan fingerprint density at radius 1 is 0.673 bits per heavy atom. The fourth-order valence-electron chi connectivity index (χ4n) is 14.0. The van der Waals surface area contributed by atoms with Crippen molar-refractivity contribution in [1.29, 1.82) is 0 Å². The van der Waals surface area contributed by atoms with E-state index in [1.165, 1.54) is 73.6 Å². The maximum atomic E-state index is 2.92. The molecule has 10 rings (SSSR count). The Bertz CT molecular complexity index is 1620. The van der Waals surface area contributed by atoms with Crippen LogP contribution in [0.2, 0.25) is 0 Å². The summed E-state index contributed by atoms with van der Waals surface area (Å²) >= 11 is 0. The molecule has 262 valence electrons. The van der Waals surface area contributed by atoms with E-state index in [0.29, 0.717) is 11.3 Å². The number of rotatable bonds is 2. The molecule has 0 radical (unpaired) electrons. The summed E-state index contributed by atoms with van der Waals surface area (Å²) < 4.78 is 0. The van der Waals surface area contributed by atoms with Crippen LogP contribution in [0.1, 0.15) is 158 Å². The second kappa shape index (κ2) is 12.5.